The van der Waals surface area contributed by atoms with Crippen LogP contribution in [0, 0.1) is 22.7 Å². The minimum Gasteiger partial charge on any atom is -0.415 e. The van der Waals surface area contributed by atoms with Gasteiger partial charge < -0.3 is 29.2 Å². The van der Waals surface area contributed by atoms with Gasteiger partial charge in [0.15, 0.2) is 11.5 Å². The fourth-order valence-corrected chi connectivity index (χ4v) is 6.79. The first kappa shape index (κ1) is 29.4. The number of carbonyl (C=O) groups excluding carboxylic acids is 2. The lowest BCUT2D eigenvalue weighted by Crippen LogP contribution is -2.33. The fraction of sp³-hybridized carbons (Fsp3) is 0.412. The van der Waals surface area contributed by atoms with Crippen LogP contribution in [0.15, 0.2) is 36.4 Å². The Morgan fingerprint density at radius 2 is 1.11 bits per heavy atom. The molecule has 2 saturated heterocycles. The molecule has 2 fully saturated rings. The van der Waals surface area contributed by atoms with E-state index < -0.39 is 11.9 Å². The maximum atomic E-state index is 13.5. The molecule has 226 valence electrons. The number of nitrogens with one attached hydrogen (secondary N) is 2. The summed E-state index contributed by atoms with van der Waals surface area (Å²) in [6.45, 7) is 9.80. The van der Waals surface area contributed by atoms with Crippen molar-refractivity contribution < 1.29 is 19.1 Å². The highest BCUT2D eigenvalue weighted by Gasteiger charge is 2.33. The molecule has 0 amide bonds. The summed E-state index contributed by atoms with van der Waals surface area (Å²) in [4.78, 5) is 38.5. The van der Waals surface area contributed by atoms with E-state index in [2.05, 4.69) is 45.8 Å². The van der Waals surface area contributed by atoms with Crippen molar-refractivity contribution in [3.05, 3.63) is 58.9 Å². The third-order valence-electron chi connectivity index (χ3n) is 9.29. The molecule has 2 aliphatic heterocycles. The van der Waals surface area contributed by atoms with Gasteiger partial charge in [-0.2, -0.15) is 10.5 Å². The number of hydrogen-bond donors (Lipinski definition) is 2. The summed E-state index contributed by atoms with van der Waals surface area (Å²) in [5.41, 5.74) is 3.46. The van der Waals surface area contributed by atoms with Crippen LogP contribution in [0.4, 0.5) is 0 Å². The number of piperidine rings is 2. The van der Waals surface area contributed by atoms with Crippen LogP contribution in [-0.4, -0.2) is 71.0 Å². The lowest BCUT2D eigenvalue weighted by Gasteiger charge is -2.31. The first-order chi connectivity index (χ1) is 21.4. The van der Waals surface area contributed by atoms with Gasteiger partial charge in [-0.05, 0) is 89.2 Å². The topological polar surface area (TPSA) is 138 Å². The van der Waals surface area contributed by atoms with Crippen LogP contribution in [0.5, 0.6) is 11.5 Å². The molecule has 4 heterocycles. The Bertz CT molecular complexity index is 1660. The highest BCUT2D eigenvalue weighted by molar-refractivity contribution is 6.31. The molecule has 2 aliphatic rings. The van der Waals surface area contributed by atoms with Crippen molar-refractivity contribution in [3.63, 3.8) is 0 Å². The smallest absolute Gasteiger partial charge is 0.415 e. The van der Waals surface area contributed by atoms with E-state index in [1.807, 2.05) is 12.1 Å². The molecule has 10 nitrogen and oxygen atoms in total. The molecule has 4 aromatic rings. The van der Waals surface area contributed by atoms with Crippen LogP contribution < -0.4 is 9.47 Å². The Balaban J connectivity index is 1.33. The van der Waals surface area contributed by atoms with Crippen LogP contribution in [0.3, 0.4) is 0 Å². The molecule has 0 unspecified atom stereocenters. The summed E-state index contributed by atoms with van der Waals surface area (Å²) in [7, 11) is 0. The van der Waals surface area contributed by atoms with Crippen molar-refractivity contribution >= 4 is 33.7 Å². The lowest BCUT2D eigenvalue weighted by atomic mass is 9.92. The molecule has 2 aromatic heterocycles. The quantitative estimate of drug-likeness (QED) is 0.227. The minimum atomic E-state index is -1.18. The highest BCUT2D eigenvalue weighted by Crippen LogP contribution is 2.42. The standard InChI is InChI=1S/C34H36N6O4/c1-3-39-15-11-21(12-16-39)29-31(27-23(19-35)7-5-9-25(27)37-29)43-33(41)34(42)44-32-28-24(20-36)8-6-10-26(28)38-30(32)22-13-17-40(4-2)18-14-22/h5-10,21-22,37-38H,3-4,11-18H2,1-2H3. The Labute approximate surface area is 256 Å². The Morgan fingerprint density at radius 3 is 1.45 bits per heavy atom. The summed E-state index contributed by atoms with van der Waals surface area (Å²) >= 11 is 0. The number of likely N-dealkylation sites (tertiary alicyclic amines) is 2. The van der Waals surface area contributed by atoms with Crippen molar-refractivity contribution in [2.75, 3.05) is 39.3 Å². The summed E-state index contributed by atoms with van der Waals surface area (Å²) < 4.78 is 11.7. The second-order valence-electron chi connectivity index (χ2n) is 11.6. The molecule has 0 aliphatic carbocycles. The maximum absolute atomic E-state index is 13.5. The zero-order chi connectivity index (χ0) is 30.8. The van der Waals surface area contributed by atoms with Crippen LogP contribution in [0.1, 0.15) is 73.9 Å². The summed E-state index contributed by atoms with van der Waals surface area (Å²) in [5.74, 6) is -1.80. The Kier molecular flexibility index (Phi) is 8.38. The predicted molar refractivity (Wildman–Crippen MR) is 165 cm³/mol. The number of aromatic amines is 2. The van der Waals surface area contributed by atoms with Gasteiger partial charge in [-0.25, -0.2) is 9.59 Å². The van der Waals surface area contributed by atoms with Gasteiger partial charge in [-0.15, -0.1) is 0 Å². The first-order valence-corrected chi connectivity index (χ1v) is 15.4. The fourth-order valence-electron chi connectivity index (χ4n) is 6.79. The molecule has 0 spiro atoms. The third kappa shape index (κ3) is 5.43. The van der Waals surface area contributed by atoms with Crippen molar-refractivity contribution in [1.29, 1.82) is 10.5 Å². The molecular weight excluding hydrogens is 556 g/mol. The summed E-state index contributed by atoms with van der Waals surface area (Å²) in [5, 5.41) is 20.7. The molecule has 6 rings (SSSR count). The number of fused-ring (bicyclic) bond motifs is 2. The zero-order valence-electron chi connectivity index (χ0n) is 25.1. The maximum Gasteiger partial charge on any atom is 0.423 e. The SMILES string of the molecule is CCN1CCC(c2[nH]c3cccc(C#N)c3c2OC(=O)C(=O)Oc2c(C3CCN(CC)CC3)[nH]c3cccc(C#N)c23)CC1. The Morgan fingerprint density at radius 1 is 0.727 bits per heavy atom. The minimum absolute atomic E-state index is 0.0722. The van der Waals surface area contributed by atoms with Crippen molar-refractivity contribution in [3.8, 4) is 23.6 Å². The number of esters is 2. The van der Waals surface area contributed by atoms with Gasteiger partial charge in [0.25, 0.3) is 0 Å². The van der Waals surface area contributed by atoms with Crippen molar-refractivity contribution in [2.45, 2.75) is 51.4 Å². The molecule has 2 N–H and O–H groups in total. The van der Waals surface area contributed by atoms with Crippen LogP contribution >= 0.6 is 0 Å². The second kappa shape index (κ2) is 12.5. The molecule has 0 bridgehead atoms. The average molecular weight is 593 g/mol. The lowest BCUT2D eigenvalue weighted by molar-refractivity contribution is -0.156. The van der Waals surface area contributed by atoms with Crippen molar-refractivity contribution in [2.24, 2.45) is 0 Å². The number of nitrogens with zero attached hydrogens (tertiary/aromatic N) is 4. The molecule has 2 aromatic carbocycles. The number of H-pyrrole nitrogens is 2. The van der Waals surface area contributed by atoms with Gasteiger partial charge in [-0.1, -0.05) is 26.0 Å². The van der Waals surface area contributed by atoms with E-state index in [-0.39, 0.29) is 23.3 Å². The van der Waals surface area contributed by atoms with E-state index in [0.717, 1.165) is 65.0 Å². The van der Waals surface area contributed by atoms with Crippen LogP contribution in [0.2, 0.25) is 0 Å². The molecule has 0 saturated carbocycles. The summed E-state index contributed by atoms with van der Waals surface area (Å²) in [6, 6.07) is 14.9. The van der Waals surface area contributed by atoms with Gasteiger partial charge >= 0.3 is 11.9 Å². The van der Waals surface area contributed by atoms with E-state index in [9.17, 15) is 20.1 Å². The largest absolute Gasteiger partial charge is 0.423 e. The van der Waals surface area contributed by atoms with Gasteiger partial charge in [0.05, 0.1) is 56.5 Å². The van der Waals surface area contributed by atoms with Gasteiger partial charge in [0.1, 0.15) is 0 Å². The summed E-state index contributed by atoms with van der Waals surface area (Å²) in [6.07, 6.45) is 3.40. The number of nitriles is 2. The van der Waals surface area contributed by atoms with Crippen LogP contribution in [0.25, 0.3) is 21.8 Å². The molecule has 0 atom stereocenters. The van der Waals surface area contributed by atoms with Crippen molar-refractivity contribution in [1.82, 2.24) is 19.8 Å². The second-order valence-corrected chi connectivity index (χ2v) is 11.6. The molecule has 44 heavy (non-hydrogen) atoms. The number of hydrogen-bond acceptors (Lipinski definition) is 8. The molecule has 10 heteroatoms. The van der Waals surface area contributed by atoms with E-state index >= 15 is 0 Å². The third-order valence-corrected chi connectivity index (χ3v) is 9.29. The van der Waals surface area contributed by atoms with Gasteiger partial charge in [-0.3, -0.25) is 0 Å². The number of aromatic nitrogens is 2. The van der Waals surface area contributed by atoms with E-state index in [1.54, 1.807) is 24.3 Å². The normalized spacial score (nSPS) is 17.0. The Hall–Kier alpha value is -4.64. The zero-order valence-corrected chi connectivity index (χ0v) is 25.1. The average Bonchev–Trinajstić information content (AvgIpc) is 3.63. The van der Waals surface area contributed by atoms with Gasteiger partial charge in [0, 0.05) is 11.8 Å². The number of ether oxygens (including phenoxy) is 2. The van der Waals surface area contributed by atoms with E-state index in [0.29, 0.717) is 44.3 Å². The van der Waals surface area contributed by atoms with Crippen LogP contribution in [-0.2, 0) is 9.59 Å². The first-order valence-electron chi connectivity index (χ1n) is 15.4. The number of rotatable bonds is 6. The predicted octanol–water partition coefficient (Wildman–Crippen LogP) is 5.30. The van der Waals surface area contributed by atoms with E-state index in [4.69, 9.17) is 9.47 Å². The molecular formula is C34H36N6O4. The highest BCUT2D eigenvalue weighted by atomic mass is 16.6. The molecule has 0 radical (unpaired) electrons. The number of benzene rings is 2. The monoisotopic (exact) mass is 592 g/mol. The van der Waals surface area contributed by atoms with Gasteiger partial charge in [0.2, 0.25) is 0 Å². The number of carbonyl (C=O) groups is 2. The van der Waals surface area contributed by atoms with E-state index in [1.165, 1.54) is 0 Å².